The highest BCUT2D eigenvalue weighted by molar-refractivity contribution is 4.95. The lowest BCUT2D eigenvalue weighted by Gasteiger charge is -2.44. The molecule has 0 aromatic carbocycles. The molecule has 2 atom stereocenters. The summed E-state index contributed by atoms with van der Waals surface area (Å²) in [7, 11) is 2.21. The first-order valence-corrected chi connectivity index (χ1v) is 9.64. The molecule has 0 amide bonds. The van der Waals surface area contributed by atoms with E-state index in [2.05, 4.69) is 12.4 Å². The summed E-state index contributed by atoms with van der Waals surface area (Å²) in [6.45, 7) is 1.01. The second-order valence-electron chi connectivity index (χ2n) is 7.91. The van der Waals surface area contributed by atoms with Crippen LogP contribution in [-0.2, 0) is 4.74 Å². The lowest BCUT2D eigenvalue weighted by molar-refractivity contribution is -0.101. The monoisotopic (exact) mass is 293 g/mol. The summed E-state index contributed by atoms with van der Waals surface area (Å²) in [4.78, 5) is 0. The minimum atomic E-state index is 0.277. The first kappa shape index (κ1) is 15.8. The zero-order valence-electron chi connectivity index (χ0n) is 14.0. The van der Waals surface area contributed by atoms with Gasteiger partial charge in [0.1, 0.15) is 0 Å². The van der Waals surface area contributed by atoms with Crippen LogP contribution in [0, 0.1) is 11.8 Å². The molecule has 2 saturated carbocycles. The van der Waals surface area contributed by atoms with Gasteiger partial charge in [-0.3, -0.25) is 0 Å². The molecule has 122 valence electrons. The van der Waals surface area contributed by atoms with Gasteiger partial charge in [-0.05, 0) is 57.4 Å². The Morgan fingerprint density at radius 3 is 2.19 bits per heavy atom. The van der Waals surface area contributed by atoms with E-state index < -0.39 is 0 Å². The predicted molar refractivity (Wildman–Crippen MR) is 88.5 cm³/mol. The van der Waals surface area contributed by atoms with E-state index in [9.17, 15) is 0 Å². The Hall–Kier alpha value is -0.0800. The zero-order valence-corrected chi connectivity index (χ0v) is 14.0. The van der Waals surface area contributed by atoms with E-state index in [-0.39, 0.29) is 5.60 Å². The molecule has 3 aliphatic rings. The van der Waals surface area contributed by atoms with Crippen molar-refractivity contribution in [3.05, 3.63) is 0 Å². The van der Waals surface area contributed by atoms with Crippen LogP contribution in [0.25, 0.3) is 0 Å². The van der Waals surface area contributed by atoms with Crippen LogP contribution in [0.2, 0.25) is 0 Å². The lowest BCUT2D eigenvalue weighted by atomic mass is 9.73. The fourth-order valence-electron chi connectivity index (χ4n) is 5.44. The third-order valence-corrected chi connectivity index (χ3v) is 6.54. The Morgan fingerprint density at radius 1 is 0.857 bits per heavy atom. The third-order valence-electron chi connectivity index (χ3n) is 6.54. The summed E-state index contributed by atoms with van der Waals surface area (Å²) in [6.07, 6.45) is 18.3. The van der Waals surface area contributed by atoms with Crippen LogP contribution >= 0.6 is 0 Å². The normalized spacial score (nSPS) is 32.7. The zero-order chi connectivity index (χ0) is 14.5. The maximum absolute atomic E-state index is 6.26. The maximum Gasteiger partial charge on any atom is 0.0685 e. The summed E-state index contributed by atoms with van der Waals surface area (Å²) in [6, 6.07) is 0.740. The highest BCUT2D eigenvalue weighted by Crippen LogP contribution is 2.44. The Kier molecular flexibility index (Phi) is 5.61. The van der Waals surface area contributed by atoms with Crippen molar-refractivity contribution in [2.24, 2.45) is 11.8 Å². The summed E-state index contributed by atoms with van der Waals surface area (Å²) in [5.74, 6) is 1.77. The molecule has 0 radical (unpaired) electrons. The molecule has 1 N–H and O–H groups in total. The van der Waals surface area contributed by atoms with E-state index in [1.54, 1.807) is 0 Å². The minimum Gasteiger partial charge on any atom is -0.375 e. The molecule has 21 heavy (non-hydrogen) atoms. The van der Waals surface area contributed by atoms with Gasteiger partial charge in [0, 0.05) is 12.6 Å². The number of ether oxygens (including phenoxy) is 1. The molecule has 2 unspecified atom stereocenters. The van der Waals surface area contributed by atoms with Crippen molar-refractivity contribution in [1.29, 1.82) is 0 Å². The largest absolute Gasteiger partial charge is 0.375 e. The Bertz CT molecular complexity index is 303. The van der Waals surface area contributed by atoms with Gasteiger partial charge in [0.15, 0.2) is 0 Å². The van der Waals surface area contributed by atoms with Gasteiger partial charge in [0.25, 0.3) is 0 Å². The summed E-state index contributed by atoms with van der Waals surface area (Å²) in [5.41, 5.74) is 0.277. The van der Waals surface area contributed by atoms with Gasteiger partial charge in [-0.15, -0.1) is 0 Å². The molecule has 2 aliphatic carbocycles. The Morgan fingerprint density at radius 2 is 1.52 bits per heavy atom. The van der Waals surface area contributed by atoms with E-state index in [0.29, 0.717) is 0 Å². The minimum absolute atomic E-state index is 0.277. The highest BCUT2D eigenvalue weighted by atomic mass is 16.5. The Labute approximate surface area is 131 Å². The second kappa shape index (κ2) is 7.46. The average Bonchev–Trinajstić information content (AvgIpc) is 2.89. The van der Waals surface area contributed by atoms with Gasteiger partial charge >= 0.3 is 0 Å². The molecule has 1 saturated heterocycles. The van der Waals surface area contributed by atoms with E-state index >= 15 is 0 Å². The molecule has 3 fully saturated rings. The molecule has 1 heterocycles. The van der Waals surface area contributed by atoms with E-state index in [1.165, 1.54) is 83.5 Å². The van der Waals surface area contributed by atoms with Crippen molar-refractivity contribution < 1.29 is 4.74 Å². The maximum atomic E-state index is 6.26. The molecule has 2 nitrogen and oxygen atoms in total. The van der Waals surface area contributed by atoms with Crippen molar-refractivity contribution in [1.82, 2.24) is 5.32 Å². The van der Waals surface area contributed by atoms with Crippen LogP contribution in [0.4, 0.5) is 0 Å². The molecule has 1 spiro atoms. The van der Waals surface area contributed by atoms with Crippen molar-refractivity contribution >= 4 is 0 Å². The van der Waals surface area contributed by atoms with Gasteiger partial charge in [0.2, 0.25) is 0 Å². The van der Waals surface area contributed by atoms with Gasteiger partial charge in [-0.1, -0.05) is 44.9 Å². The van der Waals surface area contributed by atoms with E-state index in [1.807, 2.05) is 0 Å². The first-order chi connectivity index (χ1) is 10.3. The van der Waals surface area contributed by atoms with Crippen LogP contribution in [0.5, 0.6) is 0 Å². The Balaban J connectivity index is 1.63. The van der Waals surface area contributed by atoms with Crippen molar-refractivity contribution in [2.45, 2.75) is 95.1 Å². The quantitative estimate of drug-likeness (QED) is 0.816. The topological polar surface area (TPSA) is 21.3 Å². The average molecular weight is 293 g/mol. The standard InChI is InChI=1S/C19H35NO/c1-20-18(16-9-5-3-2-4-6-10-16)17-11-14-21-19(15-17)12-7-8-13-19/h16-18,20H,2-15H2,1H3. The second-order valence-corrected chi connectivity index (χ2v) is 7.91. The van der Waals surface area contributed by atoms with Crippen LogP contribution < -0.4 is 5.32 Å². The smallest absolute Gasteiger partial charge is 0.0685 e. The molecule has 2 heteroatoms. The van der Waals surface area contributed by atoms with Crippen molar-refractivity contribution in [3.8, 4) is 0 Å². The first-order valence-electron chi connectivity index (χ1n) is 9.64. The van der Waals surface area contributed by atoms with Gasteiger partial charge in [0.05, 0.1) is 5.60 Å². The van der Waals surface area contributed by atoms with Gasteiger partial charge < -0.3 is 10.1 Å². The number of rotatable bonds is 3. The molecule has 0 aromatic rings. The molecule has 0 bridgehead atoms. The molecule has 0 aromatic heterocycles. The highest BCUT2D eigenvalue weighted by Gasteiger charge is 2.42. The van der Waals surface area contributed by atoms with Crippen LogP contribution in [0.15, 0.2) is 0 Å². The number of hydrogen-bond donors (Lipinski definition) is 1. The lowest BCUT2D eigenvalue weighted by Crippen LogP contribution is -2.48. The summed E-state index contributed by atoms with van der Waals surface area (Å²) < 4.78 is 6.26. The fourth-order valence-corrected chi connectivity index (χ4v) is 5.44. The summed E-state index contributed by atoms with van der Waals surface area (Å²) >= 11 is 0. The van der Waals surface area contributed by atoms with Crippen LogP contribution in [-0.4, -0.2) is 25.3 Å². The summed E-state index contributed by atoms with van der Waals surface area (Å²) in [5, 5.41) is 3.74. The SMILES string of the molecule is CNC(C1CCCCCCC1)C1CCOC2(CCCC2)C1. The molecule has 3 rings (SSSR count). The van der Waals surface area contributed by atoms with E-state index in [4.69, 9.17) is 4.74 Å². The number of hydrogen-bond acceptors (Lipinski definition) is 2. The predicted octanol–water partition coefficient (Wildman–Crippen LogP) is 4.67. The molecule has 1 aliphatic heterocycles. The van der Waals surface area contributed by atoms with Gasteiger partial charge in [-0.2, -0.15) is 0 Å². The van der Waals surface area contributed by atoms with Crippen molar-refractivity contribution in [3.63, 3.8) is 0 Å². The third kappa shape index (κ3) is 3.82. The van der Waals surface area contributed by atoms with Gasteiger partial charge in [-0.25, -0.2) is 0 Å². The number of nitrogens with one attached hydrogen (secondary N) is 1. The van der Waals surface area contributed by atoms with Crippen LogP contribution in [0.3, 0.4) is 0 Å². The van der Waals surface area contributed by atoms with Crippen molar-refractivity contribution in [2.75, 3.05) is 13.7 Å². The fraction of sp³-hybridized carbons (Fsp3) is 1.00. The van der Waals surface area contributed by atoms with E-state index in [0.717, 1.165) is 24.5 Å². The van der Waals surface area contributed by atoms with Crippen LogP contribution in [0.1, 0.15) is 83.5 Å². The molecular formula is C19H35NO. The molecular weight excluding hydrogens is 258 g/mol.